The number of halogens is 2. The van der Waals surface area contributed by atoms with E-state index in [4.69, 9.17) is 33.7 Å². The molecule has 2 aromatic carbocycles. The normalized spacial score (nSPS) is 13.9. The molecule has 1 heterocycles. The van der Waals surface area contributed by atoms with E-state index >= 15 is 0 Å². The van der Waals surface area contributed by atoms with Crippen LogP contribution in [0.4, 0.5) is 0 Å². The van der Waals surface area contributed by atoms with Crippen molar-refractivity contribution in [3.63, 3.8) is 0 Å². The fourth-order valence-electron chi connectivity index (χ4n) is 2.97. The zero-order valence-electron chi connectivity index (χ0n) is 15.4. The van der Waals surface area contributed by atoms with Gasteiger partial charge in [-0.1, -0.05) is 29.3 Å². The highest BCUT2D eigenvalue weighted by molar-refractivity contribution is 6.36. The SMILES string of the molecule is NC(=O)c1cccc(OCC(=O)N2CCN(C(=O)c3ccc(Cl)cc3Cl)CC2)c1. The second kappa shape index (κ2) is 9.15. The molecule has 0 aromatic heterocycles. The van der Waals surface area contributed by atoms with Crippen LogP contribution in [0.2, 0.25) is 10.0 Å². The average Bonchev–Trinajstić information content (AvgIpc) is 2.72. The average molecular weight is 436 g/mol. The van der Waals surface area contributed by atoms with Crippen molar-refractivity contribution in [2.45, 2.75) is 0 Å². The molecule has 0 atom stereocenters. The fourth-order valence-corrected chi connectivity index (χ4v) is 3.46. The number of nitrogens with two attached hydrogens (primary N) is 1. The summed E-state index contributed by atoms with van der Waals surface area (Å²) >= 11 is 12.0. The number of carbonyl (C=O) groups excluding carboxylic acids is 3. The Morgan fingerprint density at radius 3 is 2.31 bits per heavy atom. The topological polar surface area (TPSA) is 92.9 Å². The van der Waals surface area contributed by atoms with Crippen molar-refractivity contribution in [3.8, 4) is 5.75 Å². The molecule has 1 saturated heterocycles. The maximum Gasteiger partial charge on any atom is 0.260 e. The number of benzene rings is 2. The Hall–Kier alpha value is -2.77. The number of nitrogens with zero attached hydrogens (tertiary/aromatic N) is 2. The van der Waals surface area contributed by atoms with E-state index in [1.54, 1.807) is 40.1 Å². The summed E-state index contributed by atoms with van der Waals surface area (Å²) in [6, 6.07) is 11.1. The summed E-state index contributed by atoms with van der Waals surface area (Å²) in [7, 11) is 0. The second-order valence-electron chi connectivity index (χ2n) is 6.48. The molecular weight excluding hydrogens is 417 g/mol. The maximum atomic E-state index is 12.6. The molecule has 1 fully saturated rings. The van der Waals surface area contributed by atoms with Crippen molar-refractivity contribution in [2.24, 2.45) is 5.73 Å². The minimum atomic E-state index is -0.566. The van der Waals surface area contributed by atoms with E-state index in [1.165, 1.54) is 12.1 Å². The van der Waals surface area contributed by atoms with Gasteiger partial charge >= 0.3 is 0 Å². The predicted octanol–water partition coefficient (Wildman–Crippen LogP) is 2.46. The molecule has 1 aliphatic rings. The Morgan fingerprint density at radius 2 is 1.66 bits per heavy atom. The van der Waals surface area contributed by atoms with Gasteiger partial charge in [0.2, 0.25) is 5.91 Å². The highest BCUT2D eigenvalue weighted by Crippen LogP contribution is 2.23. The van der Waals surface area contributed by atoms with Gasteiger partial charge in [0.15, 0.2) is 6.61 Å². The van der Waals surface area contributed by atoms with Crippen LogP contribution in [0.1, 0.15) is 20.7 Å². The summed E-state index contributed by atoms with van der Waals surface area (Å²) in [5.74, 6) is -0.575. The highest BCUT2D eigenvalue weighted by atomic mass is 35.5. The van der Waals surface area contributed by atoms with Gasteiger partial charge in [0.1, 0.15) is 5.75 Å². The van der Waals surface area contributed by atoms with Crippen molar-refractivity contribution in [1.82, 2.24) is 9.80 Å². The van der Waals surface area contributed by atoms with Gasteiger partial charge in [-0.2, -0.15) is 0 Å². The Kier molecular flexibility index (Phi) is 6.61. The van der Waals surface area contributed by atoms with E-state index in [2.05, 4.69) is 0 Å². The molecule has 0 spiro atoms. The molecule has 0 radical (unpaired) electrons. The van der Waals surface area contributed by atoms with Crippen LogP contribution in [0, 0.1) is 0 Å². The first-order chi connectivity index (χ1) is 13.8. The standard InChI is InChI=1S/C20H19Cl2N3O4/c21-14-4-5-16(17(22)11-14)20(28)25-8-6-24(7-9-25)18(26)12-29-15-3-1-2-13(10-15)19(23)27/h1-5,10-11H,6-9,12H2,(H2,23,27). The minimum Gasteiger partial charge on any atom is -0.484 e. The van der Waals surface area contributed by atoms with Gasteiger partial charge in [0.25, 0.3) is 11.8 Å². The van der Waals surface area contributed by atoms with Gasteiger partial charge in [0, 0.05) is 36.8 Å². The second-order valence-corrected chi connectivity index (χ2v) is 7.32. The lowest BCUT2D eigenvalue weighted by atomic mass is 10.1. The Labute approximate surface area is 177 Å². The van der Waals surface area contributed by atoms with Crippen LogP contribution in [-0.2, 0) is 4.79 Å². The number of carbonyl (C=O) groups is 3. The molecule has 29 heavy (non-hydrogen) atoms. The molecule has 0 unspecified atom stereocenters. The van der Waals surface area contributed by atoms with E-state index < -0.39 is 5.91 Å². The maximum absolute atomic E-state index is 12.6. The van der Waals surface area contributed by atoms with Gasteiger partial charge in [-0.25, -0.2) is 0 Å². The zero-order chi connectivity index (χ0) is 21.0. The summed E-state index contributed by atoms with van der Waals surface area (Å²) in [5.41, 5.74) is 5.93. The van der Waals surface area contributed by atoms with Gasteiger partial charge in [-0.05, 0) is 36.4 Å². The largest absolute Gasteiger partial charge is 0.484 e. The lowest BCUT2D eigenvalue weighted by molar-refractivity contribution is -0.134. The molecule has 2 N–H and O–H groups in total. The number of hydrogen-bond donors (Lipinski definition) is 1. The zero-order valence-corrected chi connectivity index (χ0v) is 16.9. The van der Waals surface area contributed by atoms with E-state index in [1.807, 2.05) is 0 Å². The Morgan fingerprint density at radius 1 is 0.966 bits per heavy atom. The van der Waals surface area contributed by atoms with E-state index in [0.29, 0.717) is 53.1 Å². The molecule has 0 saturated carbocycles. The lowest BCUT2D eigenvalue weighted by Gasteiger charge is -2.34. The van der Waals surface area contributed by atoms with Gasteiger partial charge in [0.05, 0.1) is 10.6 Å². The van der Waals surface area contributed by atoms with Gasteiger partial charge < -0.3 is 20.3 Å². The van der Waals surface area contributed by atoms with Crippen LogP contribution in [0.25, 0.3) is 0 Å². The molecule has 152 valence electrons. The molecular formula is C20H19Cl2N3O4. The Bertz CT molecular complexity index is 943. The van der Waals surface area contributed by atoms with Crippen molar-refractivity contribution >= 4 is 40.9 Å². The molecule has 9 heteroatoms. The van der Waals surface area contributed by atoms with Gasteiger partial charge in [-0.3, -0.25) is 14.4 Å². The number of primary amides is 1. The first kappa shape index (κ1) is 21.0. The van der Waals surface area contributed by atoms with Crippen molar-refractivity contribution in [3.05, 3.63) is 63.6 Å². The van der Waals surface area contributed by atoms with Crippen LogP contribution in [0.5, 0.6) is 5.75 Å². The minimum absolute atomic E-state index is 0.167. The van der Waals surface area contributed by atoms with Crippen LogP contribution in [0.3, 0.4) is 0 Å². The van der Waals surface area contributed by atoms with E-state index in [9.17, 15) is 14.4 Å². The predicted molar refractivity (Wildman–Crippen MR) is 109 cm³/mol. The van der Waals surface area contributed by atoms with Crippen molar-refractivity contribution < 1.29 is 19.1 Å². The molecule has 3 rings (SSSR count). The first-order valence-electron chi connectivity index (χ1n) is 8.90. The van der Waals surface area contributed by atoms with Crippen LogP contribution in [0.15, 0.2) is 42.5 Å². The monoisotopic (exact) mass is 435 g/mol. The molecule has 2 aromatic rings. The number of hydrogen-bond acceptors (Lipinski definition) is 4. The molecule has 1 aliphatic heterocycles. The summed E-state index contributed by atoms with van der Waals surface area (Å²) in [6.07, 6.45) is 0. The van der Waals surface area contributed by atoms with E-state index in [0.717, 1.165) is 0 Å². The van der Waals surface area contributed by atoms with Gasteiger partial charge in [-0.15, -0.1) is 0 Å². The van der Waals surface area contributed by atoms with Crippen molar-refractivity contribution in [1.29, 1.82) is 0 Å². The smallest absolute Gasteiger partial charge is 0.260 e. The van der Waals surface area contributed by atoms with Crippen LogP contribution >= 0.6 is 23.2 Å². The van der Waals surface area contributed by atoms with Crippen LogP contribution in [-0.4, -0.2) is 60.3 Å². The molecule has 7 nitrogen and oxygen atoms in total. The first-order valence-corrected chi connectivity index (χ1v) is 9.65. The summed E-state index contributed by atoms with van der Waals surface area (Å²) in [6.45, 7) is 1.39. The third-order valence-corrected chi connectivity index (χ3v) is 5.11. The van der Waals surface area contributed by atoms with Crippen LogP contribution < -0.4 is 10.5 Å². The fraction of sp³-hybridized carbons (Fsp3) is 0.250. The van der Waals surface area contributed by atoms with Crippen molar-refractivity contribution in [2.75, 3.05) is 32.8 Å². The number of rotatable bonds is 5. The third kappa shape index (κ3) is 5.19. The highest BCUT2D eigenvalue weighted by Gasteiger charge is 2.26. The third-order valence-electron chi connectivity index (χ3n) is 4.56. The number of piperazine rings is 1. The van der Waals surface area contributed by atoms with E-state index in [-0.39, 0.29) is 18.4 Å². The number of amides is 3. The Balaban J connectivity index is 1.52. The summed E-state index contributed by atoms with van der Waals surface area (Å²) < 4.78 is 5.47. The molecule has 3 amide bonds. The lowest BCUT2D eigenvalue weighted by Crippen LogP contribution is -2.51. The summed E-state index contributed by atoms with van der Waals surface area (Å²) in [4.78, 5) is 39.5. The molecule has 0 bridgehead atoms. The quantitative estimate of drug-likeness (QED) is 0.780. The molecule has 0 aliphatic carbocycles. The summed E-state index contributed by atoms with van der Waals surface area (Å²) in [5, 5.41) is 0.760. The number of ether oxygens (including phenoxy) is 1.